The van der Waals surface area contributed by atoms with Gasteiger partial charge in [-0.25, -0.2) is 4.99 Å². The van der Waals surface area contributed by atoms with E-state index in [2.05, 4.69) is 31.1 Å². The molecule has 3 nitrogen and oxygen atoms in total. The molecule has 0 spiro atoms. The fraction of sp³-hybridized carbons (Fsp3) is 0.889. The van der Waals surface area contributed by atoms with Crippen molar-refractivity contribution in [1.29, 1.82) is 0 Å². The number of hydrogen-bond donors (Lipinski definition) is 2. The van der Waals surface area contributed by atoms with Crippen LogP contribution in [0.15, 0.2) is 4.99 Å². The summed E-state index contributed by atoms with van der Waals surface area (Å²) < 4.78 is 0. The molecule has 3 unspecified atom stereocenters. The van der Waals surface area contributed by atoms with Crippen LogP contribution < -0.4 is 11.1 Å². The molecule has 0 aromatic rings. The molecule has 0 radical (unpaired) electrons. The van der Waals surface area contributed by atoms with Crippen LogP contribution in [-0.2, 0) is 0 Å². The van der Waals surface area contributed by atoms with Gasteiger partial charge in [0.1, 0.15) is 0 Å². The third kappa shape index (κ3) is 2.72. The van der Waals surface area contributed by atoms with Gasteiger partial charge in [0.15, 0.2) is 5.96 Å². The lowest BCUT2D eigenvalue weighted by molar-refractivity contribution is 0.635. The van der Waals surface area contributed by atoms with E-state index in [1.165, 1.54) is 6.42 Å². The predicted molar refractivity (Wildman–Crippen MR) is 52.1 cm³/mol. The van der Waals surface area contributed by atoms with Crippen LogP contribution in [0.5, 0.6) is 0 Å². The number of guanidine groups is 1. The quantitative estimate of drug-likeness (QED) is 0.491. The SMILES string of the molecule is CCC(C)NC(N)=NC1CC1C. The van der Waals surface area contributed by atoms with Gasteiger partial charge in [0.2, 0.25) is 0 Å². The Morgan fingerprint density at radius 3 is 2.75 bits per heavy atom. The van der Waals surface area contributed by atoms with Gasteiger partial charge < -0.3 is 11.1 Å². The fourth-order valence-electron chi connectivity index (χ4n) is 1.05. The van der Waals surface area contributed by atoms with E-state index < -0.39 is 0 Å². The lowest BCUT2D eigenvalue weighted by atomic mass is 10.3. The molecule has 1 rings (SSSR count). The molecule has 1 aliphatic rings. The Balaban J connectivity index is 2.27. The standard InChI is InChI=1S/C9H19N3/c1-4-7(3)11-9(10)12-8-5-6(8)2/h6-8H,4-5H2,1-3H3,(H3,10,11,12). The smallest absolute Gasteiger partial charge is 0.189 e. The highest BCUT2D eigenvalue weighted by atomic mass is 15.1. The Morgan fingerprint density at radius 1 is 1.75 bits per heavy atom. The van der Waals surface area contributed by atoms with E-state index >= 15 is 0 Å². The lowest BCUT2D eigenvalue weighted by Crippen LogP contribution is -2.38. The van der Waals surface area contributed by atoms with Gasteiger partial charge in [0.05, 0.1) is 6.04 Å². The van der Waals surface area contributed by atoms with Crippen molar-refractivity contribution in [3.8, 4) is 0 Å². The van der Waals surface area contributed by atoms with Crippen LogP contribution in [0.3, 0.4) is 0 Å². The lowest BCUT2D eigenvalue weighted by Gasteiger charge is -2.11. The van der Waals surface area contributed by atoms with Gasteiger partial charge in [-0.2, -0.15) is 0 Å². The molecule has 70 valence electrons. The average Bonchev–Trinajstić information content (AvgIpc) is 2.66. The zero-order valence-electron chi connectivity index (χ0n) is 8.17. The van der Waals surface area contributed by atoms with Crippen molar-refractivity contribution >= 4 is 5.96 Å². The first kappa shape index (κ1) is 9.36. The molecule has 0 aliphatic heterocycles. The summed E-state index contributed by atoms with van der Waals surface area (Å²) in [5.74, 6) is 1.35. The summed E-state index contributed by atoms with van der Waals surface area (Å²) in [6.45, 7) is 6.44. The van der Waals surface area contributed by atoms with Gasteiger partial charge in [-0.05, 0) is 25.7 Å². The Kier molecular flexibility index (Phi) is 2.95. The van der Waals surface area contributed by atoms with E-state index in [0.717, 1.165) is 12.3 Å². The van der Waals surface area contributed by atoms with E-state index in [1.54, 1.807) is 0 Å². The minimum Gasteiger partial charge on any atom is -0.370 e. The maximum atomic E-state index is 5.69. The molecule has 3 heteroatoms. The van der Waals surface area contributed by atoms with Gasteiger partial charge in [-0.1, -0.05) is 13.8 Å². The minimum atomic E-state index is 0.433. The summed E-state index contributed by atoms with van der Waals surface area (Å²) in [6.07, 6.45) is 2.28. The highest BCUT2D eigenvalue weighted by molar-refractivity contribution is 5.78. The second-order valence-electron chi connectivity index (χ2n) is 3.75. The molecule has 0 amide bonds. The van der Waals surface area contributed by atoms with Gasteiger partial charge in [-0.3, -0.25) is 0 Å². The zero-order valence-corrected chi connectivity index (χ0v) is 8.17. The maximum absolute atomic E-state index is 5.69. The number of nitrogens with one attached hydrogen (secondary N) is 1. The van der Waals surface area contributed by atoms with E-state index in [1.807, 2.05) is 0 Å². The third-order valence-electron chi connectivity index (χ3n) is 2.38. The average molecular weight is 169 g/mol. The summed E-state index contributed by atoms with van der Waals surface area (Å²) in [4.78, 5) is 4.34. The van der Waals surface area contributed by atoms with Crippen LogP contribution in [0.4, 0.5) is 0 Å². The number of aliphatic imine (C=N–C) groups is 1. The maximum Gasteiger partial charge on any atom is 0.189 e. The molecule has 0 aromatic heterocycles. The number of rotatable bonds is 3. The van der Waals surface area contributed by atoms with E-state index in [-0.39, 0.29) is 0 Å². The number of nitrogens with zero attached hydrogens (tertiary/aromatic N) is 1. The van der Waals surface area contributed by atoms with Crippen molar-refractivity contribution in [3.63, 3.8) is 0 Å². The molecule has 0 heterocycles. The first-order valence-electron chi connectivity index (χ1n) is 4.73. The summed E-state index contributed by atoms with van der Waals surface area (Å²) in [5.41, 5.74) is 5.69. The van der Waals surface area contributed by atoms with Gasteiger partial charge in [0, 0.05) is 6.04 Å². The highest BCUT2D eigenvalue weighted by Crippen LogP contribution is 2.32. The van der Waals surface area contributed by atoms with Crippen molar-refractivity contribution in [2.75, 3.05) is 0 Å². The molecule has 3 N–H and O–H groups in total. The van der Waals surface area contributed by atoms with Crippen LogP contribution in [0.1, 0.15) is 33.6 Å². The predicted octanol–water partition coefficient (Wildman–Crippen LogP) is 1.10. The van der Waals surface area contributed by atoms with E-state index in [4.69, 9.17) is 5.73 Å². The fourth-order valence-corrected chi connectivity index (χ4v) is 1.05. The molecule has 3 atom stereocenters. The Labute approximate surface area is 74.4 Å². The molecular formula is C9H19N3. The van der Waals surface area contributed by atoms with Crippen molar-refractivity contribution < 1.29 is 0 Å². The van der Waals surface area contributed by atoms with Crippen LogP contribution in [-0.4, -0.2) is 18.0 Å². The number of nitrogens with two attached hydrogens (primary N) is 1. The zero-order chi connectivity index (χ0) is 9.14. The van der Waals surface area contributed by atoms with Crippen LogP contribution >= 0.6 is 0 Å². The largest absolute Gasteiger partial charge is 0.370 e. The summed E-state index contributed by atoms with van der Waals surface area (Å²) in [6, 6.07) is 0.921. The van der Waals surface area contributed by atoms with E-state index in [9.17, 15) is 0 Å². The summed E-state index contributed by atoms with van der Waals surface area (Å²) >= 11 is 0. The second-order valence-corrected chi connectivity index (χ2v) is 3.75. The van der Waals surface area contributed by atoms with Gasteiger partial charge in [0.25, 0.3) is 0 Å². The first-order chi connectivity index (χ1) is 5.63. The summed E-state index contributed by atoms with van der Waals surface area (Å²) in [5, 5.41) is 3.15. The van der Waals surface area contributed by atoms with Crippen molar-refractivity contribution in [2.45, 2.75) is 45.7 Å². The monoisotopic (exact) mass is 169 g/mol. The third-order valence-corrected chi connectivity index (χ3v) is 2.38. The van der Waals surface area contributed by atoms with E-state index in [0.29, 0.717) is 18.0 Å². The second kappa shape index (κ2) is 3.78. The molecule has 0 aromatic carbocycles. The van der Waals surface area contributed by atoms with Crippen LogP contribution in [0.2, 0.25) is 0 Å². The van der Waals surface area contributed by atoms with Crippen molar-refractivity contribution in [3.05, 3.63) is 0 Å². The van der Waals surface area contributed by atoms with Gasteiger partial charge in [-0.15, -0.1) is 0 Å². The van der Waals surface area contributed by atoms with Crippen LogP contribution in [0, 0.1) is 5.92 Å². The molecule has 0 saturated heterocycles. The first-order valence-corrected chi connectivity index (χ1v) is 4.73. The van der Waals surface area contributed by atoms with Crippen LogP contribution in [0.25, 0.3) is 0 Å². The van der Waals surface area contributed by atoms with Crippen molar-refractivity contribution in [1.82, 2.24) is 5.32 Å². The molecular weight excluding hydrogens is 150 g/mol. The Bertz CT molecular complexity index is 177. The molecule has 1 saturated carbocycles. The normalized spacial score (nSPS) is 31.4. The van der Waals surface area contributed by atoms with Gasteiger partial charge >= 0.3 is 0 Å². The Morgan fingerprint density at radius 2 is 2.33 bits per heavy atom. The van der Waals surface area contributed by atoms with Crippen molar-refractivity contribution in [2.24, 2.45) is 16.6 Å². The molecule has 12 heavy (non-hydrogen) atoms. The Hall–Kier alpha value is -0.730. The summed E-state index contributed by atoms with van der Waals surface area (Å²) in [7, 11) is 0. The minimum absolute atomic E-state index is 0.433. The highest BCUT2D eigenvalue weighted by Gasteiger charge is 2.32. The molecule has 1 aliphatic carbocycles. The number of hydrogen-bond acceptors (Lipinski definition) is 1. The topological polar surface area (TPSA) is 50.4 Å². The molecule has 0 bridgehead atoms. The molecule has 1 fully saturated rings.